The first-order valence-corrected chi connectivity index (χ1v) is 8.30. The molecule has 0 atom stereocenters. The fraction of sp³-hybridized carbons (Fsp3) is 0.111. The molecular weight excluding hydrogens is 349 g/mol. The average molecular weight is 362 g/mol. The quantitative estimate of drug-likeness (QED) is 0.727. The zero-order valence-electron chi connectivity index (χ0n) is 12.9. The van der Waals surface area contributed by atoms with E-state index in [1.807, 2.05) is 22.9 Å². The number of benzene rings is 1. The second-order valence-electron chi connectivity index (χ2n) is 5.32. The minimum absolute atomic E-state index is 0.0933. The number of carbonyl (C=O) groups excluding carboxylic acids is 1. The van der Waals surface area contributed by atoms with Crippen LogP contribution in [0.1, 0.15) is 21.5 Å². The number of carbonyl (C=O) groups is 1. The minimum Gasteiger partial charge on any atom is -0.348 e. The van der Waals surface area contributed by atoms with Gasteiger partial charge in [-0.3, -0.25) is 9.78 Å². The van der Waals surface area contributed by atoms with Crippen LogP contribution < -0.4 is 5.32 Å². The first-order chi connectivity index (χ1) is 11.9. The van der Waals surface area contributed by atoms with Crippen LogP contribution in [0.2, 0.25) is 0 Å². The van der Waals surface area contributed by atoms with Crippen molar-refractivity contribution in [1.82, 2.24) is 10.3 Å². The first kappa shape index (κ1) is 17.2. The zero-order chi connectivity index (χ0) is 17.9. The van der Waals surface area contributed by atoms with Crippen molar-refractivity contribution < 1.29 is 18.0 Å². The molecule has 1 amide bonds. The summed E-state index contributed by atoms with van der Waals surface area (Å²) in [6.45, 7) is 0.0933. The minimum atomic E-state index is -4.58. The van der Waals surface area contributed by atoms with Crippen LogP contribution in [0.4, 0.5) is 13.2 Å². The molecule has 3 rings (SSSR count). The fourth-order valence-corrected chi connectivity index (χ4v) is 3.04. The van der Waals surface area contributed by atoms with E-state index in [0.29, 0.717) is 5.56 Å². The van der Waals surface area contributed by atoms with Crippen molar-refractivity contribution in [2.75, 3.05) is 0 Å². The van der Waals surface area contributed by atoms with Gasteiger partial charge in [0.05, 0.1) is 11.1 Å². The molecule has 0 aliphatic carbocycles. The van der Waals surface area contributed by atoms with Crippen LogP contribution in [0.5, 0.6) is 0 Å². The molecule has 1 aromatic carbocycles. The number of aromatic nitrogens is 1. The maximum absolute atomic E-state index is 13.0. The van der Waals surface area contributed by atoms with Crippen LogP contribution in [-0.2, 0) is 12.7 Å². The lowest BCUT2D eigenvalue weighted by molar-refractivity contribution is -0.137. The highest BCUT2D eigenvalue weighted by molar-refractivity contribution is 7.08. The highest BCUT2D eigenvalue weighted by atomic mass is 32.1. The van der Waals surface area contributed by atoms with Crippen LogP contribution in [-0.4, -0.2) is 10.9 Å². The van der Waals surface area contributed by atoms with Gasteiger partial charge in [-0.25, -0.2) is 0 Å². The summed E-state index contributed by atoms with van der Waals surface area (Å²) >= 11 is 1.56. The summed E-state index contributed by atoms with van der Waals surface area (Å²) in [6.07, 6.45) is -1.30. The van der Waals surface area contributed by atoms with Gasteiger partial charge in [0.2, 0.25) is 0 Å². The molecular formula is C18H13F3N2OS. The summed E-state index contributed by atoms with van der Waals surface area (Å²) in [5.74, 6) is -0.770. The molecule has 1 N–H and O–H groups in total. The maximum atomic E-state index is 13.0. The number of halogens is 3. The van der Waals surface area contributed by atoms with E-state index in [-0.39, 0.29) is 6.54 Å². The third kappa shape index (κ3) is 4.06. The van der Waals surface area contributed by atoms with Crippen LogP contribution in [0, 0.1) is 0 Å². The number of rotatable bonds is 4. The summed E-state index contributed by atoms with van der Waals surface area (Å²) in [6, 6.07) is 8.53. The molecule has 2 aromatic heterocycles. The largest absolute Gasteiger partial charge is 0.417 e. The summed E-state index contributed by atoms with van der Waals surface area (Å²) in [5, 5.41) is 6.44. The van der Waals surface area contributed by atoms with Gasteiger partial charge >= 0.3 is 6.18 Å². The Bertz CT molecular complexity index is 876. The second kappa shape index (κ2) is 7.06. The standard InChI is InChI=1S/C18H13F3N2OS/c19-18(20,21)16-4-2-1-3-15(16)17(24)23-9-12-7-14(10-22-8-12)13-5-6-25-11-13/h1-8,10-11H,9H2,(H,23,24). The molecule has 0 spiro atoms. The van der Waals surface area contributed by atoms with Gasteiger partial charge in [0.25, 0.3) is 5.91 Å². The highest BCUT2D eigenvalue weighted by Gasteiger charge is 2.34. The van der Waals surface area contributed by atoms with Crippen molar-refractivity contribution in [3.63, 3.8) is 0 Å². The average Bonchev–Trinajstić information content (AvgIpc) is 3.14. The summed E-state index contributed by atoms with van der Waals surface area (Å²) < 4.78 is 39.0. The van der Waals surface area contributed by atoms with Gasteiger partial charge in [0.15, 0.2) is 0 Å². The number of alkyl halides is 3. The van der Waals surface area contributed by atoms with E-state index in [9.17, 15) is 18.0 Å². The van der Waals surface area contributed by atoms with Crippen LogP contribution in [0.15, 0.2) is 59.6 Å². The van der Waals surface area contributed by atoms with Crippen LogP contribution in [0.3, 0.4) is 0 Å². The summed E-state index contributed by atoms with van der Waals surface area (Å²) in [5.41, 5.74) is 1.27. The van der Waals surface area contributed by atoms with Gasteiger partial charge < -0.3 is 5.32 Å². The molecule has 3 aromatic rings. The molecule has 0 radical (unpaired) electrons. The fourth-order valence-electron chi connectivity index (χ4n) is 2.38. The third-order valence-corrected chi connectivity index (χ3v) is 4.26. The Morgan fingerprint density at radius 3 is 2.64 bits per heavy atom. The number of nitrogens with one attached hydrogen (secondary N) is 1. The Balaban J connectivity index is 1.75. The Morgan fingerprint density at radius 2 is 1.92 bits per heavy atom. The van der Waals surface area contributed by atoms with E-state index in [0.717, 1.165) is 23.3 Å². The molecule has 0 saturated carbocycles. The number of amides is 1. The van der Waals surface area contributed by atoms with Gasteiger partial charge in [-0.15, -0.1) is 0 Å². The van der Waals surface area contributed by atoms with Crippen LogP contribution >= 0.6 is 11.3 Å². The Hall–Kier alpha value is -2.67. The predicted molar refractivity (Wildman–Crippen MR) is 90.2 cm³/mol. The van der Waals surface area contributed by atoms with E-state index in [1.54, 1.807) is 23.7 Å². The van der Waals surface area contributed by atoms with Gasteiger partial charge in [-0.2, -0.15) is 24.5 Å². The van der Waals surface area contributed by atoms with Crippen LogP contribution in [0.25, 0.3) is 11.1 Å². The number of nitrogens with zero attached hydrogens (tertiary/aromatic N) is 1. The smallest absolute Gasteiger partial charge is 0.348 e. The van der Waals surface area contributed by atoms with E-state index < -0.39 is 23.2 Å². The highest BCUT2D eigenvalue weighted by Crippen LogP contribution is 2.31. The maximum Gasteiger partial charge on any atom is 0.417 e. The molecule has 0 fully saturated rings. The number of pyridine rings is 1. The number of hydrogen-bond donors (Lipinski definition) is 1. The second-order valence-corrected chi connectivity index (χ2v) is 6.10. The zero-order valence-corrected chi connectivity index (χ0v) is 13.7. The van der Waals surface area contributed by atoms with E-state index >= 15 is 0 Å². The van der Waals surface area contributed by atoms with Gasteiger partial charge in [-0.1, -0.05) is 12.1 Å². The number of hydrogen-bond acceptors (Lipinski definition) is 3. The van der Waals surface area contributed by atoms with E-state index in [1.165, 1.54) is 12.1 Å². The van der Waals surface area contributed by atoms with Gasteiger partial charge in [0.1, 0.15) is 0 Å². The van der Waals surface area contributed by atoms with Crippen molar-refractivity contribution in [1.29, 1.82) is 0 Å². The molecule has 128 valence electrons. The lowest BCUT2D eigenvalue weighted by atomic mass is 10.1. The molecule has 7 heteroatoms. The Kier molecular flexibility index (Phi) is 4.85. The lowest BCUT2D eigenvalue weighted by Crippen LogP contribution is -2.25. The Labute approximate surface area is 146 Å². The van der Waals surface area contributed by atoms with Crippen molar-refractivity contribution in [2.45, 2.75) is 12.7 Å². The van der Waals surface area contributed by atoms with Gasteiger partial charge in [0, 0.05) is 24.5 Å². The topological polar surface area (TPSA) is 42.0 Å². The van der Waals surface area contributed by atoms with Crippen molar-refractivity contribution in [3.05, 3.63) is 76.2 Å². The molecule has 3 nitrogen and oxygen atoms in total. The molecule has 0 unspecified atom stereocenters. The van der Waals surface area contributed by atoms with Crippen molar-refractivity contribution in [2.24, 2.45) is 0 Å². The normalized spacial score (nSPS) is 11.3. The van der Waals surface area contributed by atoms with Crippen molar-refractivity contribution >= 4 is 17.2 Å². The monoisotopic (exact) mass is 362 g/mol. The first-order valence-electron chi connectivity index (χ1n) is 7.36. The predicted octanol–water partition coefficient (Wildman–Crippen LogP) is 4.76. The molecule has 0 saturated heterocycles. The Morgan fingerprint density at radius 1 is 1.12 bits per heavy atom. The van der Waals surface area contributed by atoms with Gasteiger partial charge in [-0.05, 0) is 46.2 Å². The van der Waals surface area contributed by atoms with E-state index in [2.05, 4.69) is 10.3 Å². The summed E-state index contributed by atoms with van der Waals surface area (Å²) in [4.78, 5) is 16.3. The van der Waals surface area contributed by atoms with Crippen molar-refractivity contribution in [3.8, 4) is 11.1 Å². The molecule has 2 heterocycles. The lowest BCUT2D eigenvalue weighted by Gasteiger charge is -2.12. The summed E-state index contributed by atoms with van der Waals surface area (Å²) in [7, 11) is 0. The van der Waals surface area contributed by atoms with E-state index in [4.69, 9.17) is 0 Å². The molecule has 0 aliphatic heterocycles. The SMILES string of the molecule is O=C(NCc1cncc(-c2ccsc2)c1)c1ccccc1C(F)(F)F. The molecule has 25 heavy (non-hydrogen) atoms. The molecule has 0 bridgehead atoms. The third-order valence-electron chi connectivity index (χ3n) is 3.58. The number of thiophene rings is 1. The molecule has 0 aliphatic rings.